The van der Waals surface area contributed by atoms with Crippen LogP contribution >= 0.6 is 0 Å². The molecule has 15 heavy (non-hydrogen) atoms. The maximum atomic E-state index is 3.42. The van der Waals surface area contributed by atoms with Crippen LogP contribution in [0.15, 0.2) is 18.2 Å². The zero-order chi connectivity index (χ0) is 10.6. The van der Waals surface area contributed by atoms with E-state index in [0.29, 0.717) is 0 Å². The van der Waals surface area contributed by atoms with E-state index in [4.69, 9.17) is 0 Å². The second-order valence-electron chi connectivity index (χ2n) is 4.18. The van der Waals surface area contributed by atoms with Gasteiger partial charge in [0.1, 0.15) is 0 Å². The van der Waals surface area contributed by atoms with Crippen molar-refractivity contribution in [3.05, 3.63) is 35.4 Å². The monoisotopic (exact) mass is 317 g/mol. The molecule has 5 radical (unpaired) electrons. The van der Waals surface area contributed by atoms with Crippen LogP contribution in [0, 0.1) is 6.07 Å². The van der Waals surface area contributed by atoms with E-state index < -0.39 is 0 Å². The first-order valence-corrected chi connectivity index (χ1v) is 4.87. The van der Waals surface area contributed by atoms with Crippen molar-refractivity contribution in [2.75, 3.05) is 28.2 Å². The second kappa shape index (κ2) is 7.25. The molecule has 2 nitrogen and oxygen atoms in total. The third kappa shape index (κ3) is 6.17. The van der Waals surface area contributed by atoms with Gasteiger partial charge in [0.25, 0.3) is 0 Å². The minimum absolute atomic E-state index is 0. The van der Waals surface area contributed by atoms with Crippen LogP contribution in [-0.2, 0) is 13.1 Å². The molecule has 1 aromatic carbocycles. The van der Waals surface area contributed by atoms with E-state index in [1.165, 1.54) is 11.1 Å². The molecular formula is C12H25N2Sn. The van der Waals surface area contributed by atoms with E-state index in [2.05, 4.69) is 62.3 Å². The molecule has 0 saturated carbocycles. The van der Waals surface area contributed by atoms with Gasteiger partial charge in [-0.25, -0.2) is 0 Å². The fourth-order valence-electron chi connectivity index (χ4n) is 1.44. The molecule has 0 saturated heterocycles. The Morgan fingerprint density at radius 3 is 1.73 bits per heavy atom. The average molecular weight is 316 g/mol. The molecule has 0 unspecified atom stereocenters. The van der Waals surface area contributed by atoms with Crippen molar-refractivity contribution in [3.63, 3.8) is 0 Å². The fourth-order valence-corrected chi connectivity index (χ4v) is 1.44. The second-order valence-corrected chi connectivity index (χ2v) is 4.18. The molecule has 0 bridgehead atoms. The van der Waals surface area contributed by atoms with Gasteiger partial charge in [-0.3, -0.25) is 0 Å². The molecule has 0 aromatic heterocycles. The first-order chi connectivity index (χ1) is 6.58. The maximum Gasteiger partial charge on any atom is 0.0233 e. The average Bonchev–Trinajstić information content (AvgIpc) is 2.01. The van der Waals surface area contributed by atoms with Crippen molar-refractivity contribution < 1.29 is 4.28 Å². The summed E-state index contributed by atoms with van der Waals surface area (Å²) in [7, 11) is 8.30. The summed E-state index contributed by atoms with van der Waals surface area (Å²) in [6.07, 6.45) is 0. The van der Waals surface area contributed by atoms with Gasteiger partial charge in [-0.05, 0) is 45.4 Å². The summed E-state index contributed by atoms with van der Waals surface area (Å²) in [6, 6.07) is 9.78. The fraction of sp³-hybridized carbons (Fsp3) is 0.500. The summed E-state index contributed by atoms with van der Waals surface area (Å²) >= 11 is 0. The Hall–Kier alpha value is -0.0613. The van der Waals surface area contributed by atoms with E-state index in [9.17, 15) is 0 Å². The standard InChI is InChI=1S/C12H19N2.Sn.3H2/c1-13(2)9-11-6-5-7-12(8-11)10-14(3)4;;;;/h5-7H,9-10H2,1-4H3;;3*1H. The summed E-state index contributed by atoms with van der Waals surface area (Å²) in [5.74, 6) is 0. The van der Waals surface area contributed by atoms with Crippen LogP contribution in [0.25, 0.3) is 0 Å². The Bertz CT molecular complexity index is 271. The van der Waals surface area contributed by atoms with Crippen LogP contribution in [0.1, 0.15) is 15.4 Å². The van der Waals surface area contributed by atoms with Crippen molar-refractivity contribution in [1.29, 1.82) is 0 Å². The van der Waals surface area contributed by atoms with Gasteiger partial charge in [-0.15, -0.1) is 0 Å². The summed E-state index contributed by atoms with van der Waals surface area (Å²) < 4.78 is 0. The van der Waals surface area contributed by atoms with Crippen LogP contribution < -0.4 is 0 Å². The molecule has 1 rings (SSSR count). The van der Waals surface area contributed by atoms with E-state index in [-0.39, 0.29) is 28.2 Å². The van der Waals surface area contributed by atoms with Crippen LogP contribution in [-0.4, -0.2) is 61.9 Å². The molecule has 87 valence electrons. The molecule has 3 heteroatoms. The van der Waals surface area contributed by atoms with E-state index in [0.717, 1.165) is 13.1 Å². The Kier molecular flexibility index (Phi) is 7.22. The van der Waals surface area contributed by atoms with Gasteiger partial charge in [0.2, 0.25) is 0 Å². The zero-order valence-electron chi connectivity index (χ0n) is 10.0. The van der Waals surface area contributed by atoms with E-state index >= 15 is 0 Å². The summed E-state index contributed by atoms with van der Waals surface area (Å²) in [6.45, 7) is 1.92. The van der Waals surface area contributed by atoms with Crippen molar-refractivity contribution in [3.8, 4) is 0 Å². The van der Waals surface area contributed by atoms with Crippen molar-refractivity contribution >= 4 is 23.9 Å². The van der Waals surface area contributed by atoms with Crippen molar-refractivity contribution in [2.24, 2.45) is 0 Å². The van der Waals surface area contributed by atoms with Gasteiger partial charge >= 0.3 is 0 Å². The minimum atomic E-state index is 0. The Morgan fingerprint density at radius 2 is 1.40 bits per heavy atom. The SMILES string of the molecule is CN(C)Cc1[c]c(CN(C)C)ccc1.[HH].[HH].[HH].[Sn]. The molecule has 0 fully saturated rings. The Balaban J connectivity index is -0.000000245. The Labute approximate surface area is 115 Å². The minimum Gasteiger partial charge on any atom is -0.305 e. The normalized spacial score (nSPS) is 10.5. The molecule has 1 aromatic rings. The first kappa shape index (κ1) is 14.9. The molecule has 0 atom stereocenters. The van der Waals surface area contributed by atoms with Crippen LogP contribution in [0.3, 0.4) is 0 Å². The van der Waals surface area contributed by atoms with Crippen molar-refractivity contribution in [2.45, 2.75) is 13.1 Å². The van der Waals surface area contributed by atoms with E-state index in [1.807, 2.05) is 0 Å². The number of rotatable bonds is 4. The zero-order valence-corrected chi connectivity index (χ0v) is 12.9. The Morgan fingerprint density at radius 1 is 1.00 bits per heavy atom. The molecule has 0 amide bonds. The molecule has 0 N–H and O–H groups in total. The van der Waals surface area contributed by atoms with Gasteiger partial charge in [-0.1, -0.05) is 18.2 Å². The predicted octanol–water partition coefficient (Wildman–Crippen LogP) is 1.97. The summed E-state index contributed by atoms with van der Waals surface area (Å²) in [5, 5.41) is 0. The van der Waals surface area contributed by atoms with Gasteiger partial charge in [0, 0.05) is 41.3 Å². The quantitative estimate of drug-likeness (QED) is 0.784. The van der Waals surface area contributed by atoms with Gasteiger partial charge in [-0.2, -0.15) is 0 Å². The summed E-state index contributed by atoms with van der Waals surface area (Å²) in [4.78, 5) is 4.32. The van der Waals surface area contributed by atoms with Gasteiger partial charge < -0.3 is 9.80 Å². The maximum absolute atomic E-state index is 3.42. The number of benzene rings is 1. The third-order valence-corrected chi connectivity index (χ3v) is 1.89. The molecule has 0 heterocycles. The van der Waals surface area contributed by atoms with Crippen LogP contribution in [0.4, 0.5) is 0 Å². The van der Waals surface area contributed by atoms with Gasteiger partial charge in [0.05, 0.1) is 0 Å². The largest absolute Gasteiger partial charge is 0.305 e. The smallest absolute Gasteiger partial charge is 0.0233 e. The molecule has 0 spiro atoms. The van der Waals surface area contributed by atoms with Gasteiger partial charge in [0.15, 0.2) is 0 Å². The molecule has 0 aliphatic carbocycles. The molecule has 0 aliphatic rings. The van der Waals surface area contributed by atoms with Crippen LogP contribution in [0.5, 0.6) is 0 Å². The molecule has 0 aliphatic heterocycles. The van der Waals surface area contributed by atoms with Crippen molar-refractivity contribution in [1.82, 2.24) is 9.80 Å². The molecular weight excluding hydrogens is 291 g/mol. The first-order valence-electron chi connectivity index (χ1n) is 4.87. The summed E-state index contributed by atoms with van der Waals surface area (Å²) in [5.41, 5.74) is 2.52. The van der Waals surface area contributed by atoms with E-state index in [1.54, 1.807) is 0 Å². The number of hydrogen-bond acceptors (Lipinski definition) is 2. The third-order valence-electron chi connectivity index (χ3n) is 1.89. The van der Waals surface area contributed by atoms with Crippen LogP contribution in [0.2, 0.25) is 0 Å². The topological polar surface area (TPSA) is 6.48 Å². The number of nitrogens with zero attached hydrogens (tertiary/aromatic N) is 2. The number of hydrogen-bond donors (Lipinski definition) is 0. The predicted molar refractivity (Wildman–Crippen MR) is 72.2 cm³/mol.